The zero-order valence-corrected chi connectivity index (χ0v) is 8.82. The Balaban J connectivity index is 2.77. The Labute approximate surface area is 87.9 Å². The lowest BCUT2D eigenvalue weighted by molar-refractivity contribution is 0.197. The minimum Gasteiger partial charge on any atom is -0.464 e. The first-order valence-corrected chi connectivity index (χ1v) is 4.97. The molecule has 0 atom stereocenters. The molecule has 0 radical (unpaired) electrons. The summed E-state index contributed by atoms with van der Waals surface area (Å²) in [7, 11) is 0. The molecular weight excluding hydrogens is 190 g/mol. The zero-order valence-electron chi connectivity index (χ0n) is 8.82. The van der Waals surface area contributed by atoms with Gasteiger partial charge in [0.05, 0.1) is 5.52 Å². The van der Waals surface area contributed by atoms with E-state index in [2.05, 4.69) is 6.92 Å². The van der Waals surface area contributed by atoms with Gasteiger partial charge in [0, 0.05) is 11.6 Å². The number of carbonyl (C=O) groups is 1. The molecule has 78 valence electrons. The van der Waals surface area contributed by atoms with Gasteiger partial charge in [-0.25, -0.2) is 4.79 Å². The van der Waals surface area contributed by atoms with Crippen LogP contribution in [0.2, 0.25) is 0 Å². The van der Waals surface area contributed by atoms with Crippen molar-refractivity contribution in [2.75, 3.05) is 0 Å². The lowest BCUT2D eigenvalue weighted by Crippen LogP contribution is -2.06. The molecule has 0 bridgehead atoms. The first-order valence-electron chi connectivity index (χ1n) is 4.97. The predicted molar refractivity (Wildman–Crippen MR) is 59.5 cm³/mol. The van der Waals surface area contributed by atoms with E-state index in [0.717, 1.165) is 22.9 Å². The SMILES string of the molecule is CCc1cc(C)c2c(ccn2C(=O)O)c1. The van der Waals surface area contributed by atoms with Gasteiger partial charge < -0.3 is 5.11 Å². The number of rotatable bonds is 1. The van der Waals surface area contributed by atoms with Gasteiger partial charge in [0.1, 0.15) is 0 Å². The van der Waals surface area contributed by atoms with Crippen molar-refractivity contribution in [1.29, 1.82) is 0 Å². The summed E-state index contributed by atoms with van der Waals surface area (Å²) in [5.74, 6) is 0. The molecule has 3 heteroatoms. The largest absolute Gasteiger partial charge is 0.464 e. The summed E-state index contributed by atoms with van der Waals surface area (Å²) < 4.78 is 1.27. The molecule has 1 aromatic carbocycles. The lowest BCUT2D eigenvalue weighted by Gasteiger charge is -2.04. The van der Waals surface area contributed by atoms with Gasteiger partial charge in [0.15, 0.2) is 0 Å². The molecule has 0 spiro atoms. The van der Waals surface area contributed by atoms with E-state index in [1.54, 1.807) is 6.20 Å². The summed E-state index contributed by atoms with van der Waals surface area (Å²) in [4.78, 5) is 10.9. The van der Waals surface area contributed by atoms with Gasteiger partial charge in [-0.15, -0.1) is 0 Å². The minimum absolute atomic E-state index is 0.791. The Morgan fingerprint density at radius 2 is 2.20 bits per heavy atom. The van der Waals surface area contributed by atoms with Gasteiger partial charge in [-0.1, -0.05) is 13.0 Å². The highest BCUT2D eigenvalue weighted by atomic mass is 16.4. The third-order valence-corrected chi connectivity index (χ3v) is 2.65. The van der Waals surface area contributed by atoms with Gasteiger partial charge in [-0.2, -0.15) is 0 Å². The number of aryl methyl sites for hydroxylation is 2. The van der Waals surface area contributed by atoms with E-state index in [9.17, 15) is 4.79 Å². The normalized spacial score (nSPS) is 10.8. The van der Waals surface area contributed by atoms with Crippen LogP contribution in [0.5, 0.6) is 0 Å². The average Bonchev–Trinajstić information content (AvgIpc) is 2.61. The molecule has 1 aromatic heterocycles. The fourth-order valence-electron chi connectivity index (χ4n) is 1.93. The maximum Gasteiger partial charge on any atom is 0.416 e. The first-order chi connectivity index (χ1) is 7.13. The topological polar surface area (TPSA) is 42.2 Å². The molecule has 1 N–H and O–H groups in total. The van der Waals surface area contributed by atoms with Gasteiger partial charge >= 0.3 is 6.09 Å². The molecule has 2 aromatic rings. The summed E-state index contributed by atoms with van der Waals surface area (Å²) in [6, 6.07) is 5.93. The van der Waals surface area contributed by atoms with Crippen molar-refractivity contribution in [3.8, 4) is 0 Å². The summed E-state index contributed by atoms with van der Waals surface area (Å²) >= 11 is 0. The molecule has 3 nitrogen and oxygen atoms in total. The smallest absolute Gasteiger partial charge is 0.416 e. The molecule has 0 aliphatic carbocycles. The third kappa shape index (κ3) is 1.50. The van der Waals surface area contributed by atoms with Gasteiger partial charge in [0.2, 0.25) is 0 Å². The van der Waals surface area contributed by atoms with Gasteiger partial charge in [-0.3, -0.25) is 4.57 Å². The van der Waals surface area contributed by atoms with E-state index in [-0.39, 0.29) is 0 Å². The van der Waals surface area contributed by atoms with E-state index in [1.807, 2.05) is 25.1 Å². The molecule has 1 heterocycles. The molecular formula is C12H13NO2. The lowest BCUT2D eigenvalue weighted by atomic mass is 10.1. The number of hydrogen-bond donors (Lipinski definition) is 1. The Bertz CT molecular complexity index is 526. The van der Waals surface area contributed by atoms with Crippen LogP contribution in [0.4, 0.5) is 4.79 Å². The van der Waals surface area contributed by atoms with E-state index in [0.29, 0.717) is 0 Å². The van der Waals surface area contributed by atoms with Crippen LogP contribution in [0.25, 0.3) is 10.9 Å². The fourth-order valence-corrected chi connectivity index (χ4v) is 1.93. The van der Waals surface area contributed by atoms with Gasteiger partial charge in [-0.05, 0) is 36.6 Å². The molecule has 0 fully saturated rings. The van der Waals surface area contributed by atoms with Crippen LogP contribution < -0.4 is 0 Å². The van der Waals surface area contributed by atoms with E-state index in [1.165, 1.54) is 10.1 Å². The van der Waals surface area contributed by atoms with Crippen LogP contribution in [0, 0.1) is 6.92 Å². The zero-order chi connectivity index (χ0) is 11.0. The molecule has 15 heavy (non-hydrogen) atoms. The molecule has 0 unspecified atom stereocenters. The first kappa shape index (κ1) is 9.77. The highest BCUT2D eigenvalue weighted by molar-refractivity contribution is 5.91. The fraction of sp³-hybridized carbons (Fsp3) is 0.250. The Hall–Kier alpha value is -1.77. The molecule has 0 saturated carbocycles. The minimum atomic E-state index is -0.933. The third-order valence-electron chi connectivity index (χ3n) is 2.65. The highest BCUT2D eigenvalue weighted by Gasteiger charge is 2.09. The van der Waals surface area contributed by atoms with Crippen molar-refractivity contribution >= 4 is 17.0 Å². The van der Waals surface area contributed by atoms with Crippen LogP contribution in [-0.2, 0) is 6.42 Å². The van der Waals surface area contributed by atoms with Gasteiger partial charge in [0.25, 0.3) is 0 Å². The van der Waals surface area contributed by atoms with Crippen molar-refractivity contribution in [2.45, 2.75) is 20.3 Å². The van der Waals surface area contributed by atoms with E-state index >= 15 is 0 Å². The van der Waals surface area contributed by atoms with E-state index < -0.39 is 6.09 Å². The summed E-state index contributed by atoms with van der Waals surface area (Å²) in [5, 5.41) is 9.98. The number of benzene rings is 1. The van der Waals surface area contributed by atoms with Crippen LogP contribution in [0.15, 0.2) is 24.4 Å². The van der Waals surface area contributed by atoms with Crippen molar-refractivity contribution in [3.63, 3.8) is 0 Å². The number of nitrogens with zero attached hydrogens (tertiary/aromatic N) is 1. The summed E-state index contributed by atoms with van der Waals surface area (Å²) in [6.07, 6.45) is 1.63. The Kier molecular flexibility index (Phi) is 2.23. The van der Waals surface area contributed by atoms with Crippen LogP contribution >= 0.6 is 0 Å². The van der Waals surface area contributed by atoms with Crippen LogP contribution in [0.1, 0.15) is 18.1 Å². The quantitative estimate of drug-likeness (QED) is 0.774. The maximum atomic E-state index is 10.9. The molecule has 0 saturated heterocycles. The molecule has 0 amide bonds. The Morgan fingerprint density at radius 3 is 2.80 bits per heavy atom. The molecule has 0 aliphatic rings. The van der Waals surface area contributed by atoms with Crippen molar-refractivity contribution in [2.24, 2.45) is 0 Å². The standard InChI is InChI=1S/C12H13NO2/c1-3-9-6-8(2)11-10(7-9)4-5-13(11)12(14)15/h4-7H,3H2,1-2H3,(H,14,15). The summed E-state index contributed by atoms with van der Waals surface area (Å²) in [5.41, 5.74) is 3.04. The second kappa shape index (κ2) is 3.42. The van der Waals surface area contributed by atoms with Crippen molar-refractivity contribution < 1.29 is 9.90 Å². The number of fused-ring (bicyclic) bond motifs is 1. The Morgan fingerprint density at radius 1 is 1.47 bits per heavy atom. The number of hydrogen-bond acceptors (Lipinski definition) is 1. The number of aromatic nitrogens is 1. The van der Waals surface area contributed by atoms with Crippen molar-refractivity contribution in [1.82, 2.24) is 4.57 Å². The second-order valence-electron chi connectivity index (χ2n) is 3.67. The van der Waals surface area contributed by atoms with Crippen LogP contribution in [0.3, 0.4) is 0 Å². The number of carboxylic acid groups (broad SMARTS) is 1. The monoisotopic (exact) mass is 203 g/mol. The molecule has 2 rings (SSSR count). The molecule has 0 aliphatic heterocycles. The van der Waals surface area contributed by atoms with E-state index in [4.69, 9.17) is 5.11 Å². The van der Waals surface area contributed by atoms with Crippen molar-refractivity contribution in [3.05, 3.63) is 35.5 Å². The highest BCUT2D eigenvalue weighted by Crippen LogP contribution is 2.22. The maximum absolute atomic E-state index is 10.9. The predicted octanol–water partition coefficient (Wildman–Crippen LogP) is 3.04. The average molecular weight is 203 g/mol. The van der Waals surface area contributed by atoms with Crippen LogP contribution in [-0.4, -0.2) is 15.8 Å². The second-order valence-corrected chi connectivity index (χ2v) is 3.67. The summed E-state index contributed by atoms with van der Waals surface area (Å²) in [6.45, 7) is 4.04.